The summed E-state index contributed by atoms with van der Waals surface area (Å²) in [6, 6.07) is 13.1. The number of anilines is 1. The molecule has 10 heteroatoms. The molecular formula is C26H29N3O6S. The lowest BCUT2D eigenvalue weighted by atomic mass is 10.1. The van der Waals surface area contributed by atoms with Gasteiger partial charge in [0, 0.05) is 41.4 Å². The first-order valence-corrected chi connectivity index (χ1v) is 13.3. The Hall–Kier alpha value is -3.50. The summed E-state index contributed by atoms with van der Waals surface area (Å²) in [4.78, 5) is 38.7. The maximum absolute atomic E-state index is 13.2. The molecule has 2 aromatic carbocycles. The Bertz CT molecular complexity index is 1400. The van der Waals surface area contributed by atoms with Gasteiger partial charge >= 0.3 is 0 Å². The van der Waals surface area contributed by atoms with Crippen molar-refractivity contribution in [2.45, 2.75) is 44.4 Å². The molecule has 3 aromatic rings. The minimum absolute atomic E-state index is 0.00306. The Labute approximate surface area is 209 Å². The van der Waals surface area contributed by atoms with Crippen LogP contribution in [0.4, 0.5) is 5.69 Å². The largest absolute Gasteiger partial charge is 0.372 e. The van der Waals surface area contributed by atoms with Gasteiger partial charge in [0.1, 0.15) is 12.3 Å². The van der Waals surface area contributed by atoms with Crippen LogP contribution in [-0.2, 0) is 30.7 Å². The zero-order valence-electron chi connectivity index (χ0n) is 20.4. The van der Waals surface area contributed by atoms with E-state index in [4.69, 9.17) is 4.74 Å². The summed E-state index contributed by atoms with van der Waals surface area (Å²) in [7, 11) is -4.02. The van der Waals surface area contributed by atoms with Gasteiger partial charge in [0.2, 0.25) is 11.8 Å². The van der Waals surface area contributed by atoms with Crippen molar-refractivity contribution < 1.29 is 27.5 Å². The summed E-state index contributed by atoms with van der Waals surface area (Å²) in [6.45, 7) is 6.18. The van der Waals surface area contributed by atoms with Gasteiger partial charge in [-0.1, -0.05) is 18.2 Å². The highest BCUT2D eigenvalue weighted by Gasteiger charge is 2.28. The van der Waals surface area contributed by atoms with Gasteiger partial charge in [-0.25, -0.2) is 8.42 Å². The fourth-order valence-electron chi connectivity index (χ4n) is 4.45. The van der Waals surface area contributed by atoms with Crippen molar-refractivity contribution in [3.05, 3.63) is 60.3 Å². The molecule has 9 nitrogen and oxygen atoms in total. The molecule has 0 radical (unpaired) electrons. The lowest BCUT2D eigenvalue weighted by Gasteiger charge is -2.35. The summed E-state index contributed by atoms with van der Waals surface area (Å²) >= 11 is 0. The Morgan fingerprint density at radius 2 is 1.64 bits per heavy atom. The van der Waals surface area contributed by atoms with Gasteiger partial charge in [-0.05, 0) is 51.1 Å². The third-order valence-corrected chi connectivity index (χ3v) is 7.70. The topological polar surface area (TPSA) is 115 Å². The molecule has 2 heterocycles. The van der Waals surface area contributed by atoms with Crippen LogP contribution in [0.5, 0.6) is 0 Å². The number of sulfone groups is 1. The quantitative estimate of drug-likeness (QED) is 0.488. The molecule has 1 aliphatic rings. The first kappa shape index (κ1) is 25.6. The van der Waals surface area contributed by atoms with E-state index in [9.17, 15) is 22.8 Å². The number of rotatable bonds is 7. The van der Waals surface area contributed by atoms with Crippen LogP contribution in [0.15, 0.2) is 59.6 Å². The Morgan fingerprint density at radius 3 is 2.28 bits per heavy atom. The number of benzene rings is 2. The van der Waals surface area contributed by atoms with Gasteiger partial charge in [-0.3, -0.25) is 14.4 Å². The molecule has 0 bridgehead atoms. The predicted octanol–water partition coefficient (Wildman–Crippen LogP) is 2.89. The van der Waals surface area contributed by atoms with Crippen LogP contribution in [-0.4, -0.2) is 66.5 Å². The fraction of sp³-hybridized carbons (Fsp3) is 0.346. The Balaban J connectivity index is 1.54. The van der Waals surface area contributed by atoms with E-state index in [1.165, 1.54) is 13.1 Å². The zero-order chi connectivity index (χ0) is 26.0. The molecule has 1 saturated heterocycles. The van der Waals surface area contributed by atoms with Crippen molar-refractivity contribution in [3.8, 4) is 0 Å². The number of aromatic nitrogens is 1. The van der Waals surface area contributed by atoms with Crippen molar-refractivity contribution in [1.82, 2.24) is 9.47 Å². The normalized spacial score (nSPS) is 18.2. The van der Waals surface area contributed by atoms with E-state index < -0.39 is 21.5 Å². The molecule has 2 amide bonds. The van der Waals surface area contributed by atoms with Crippen LogP contribution in [0, 0.1) is 0 Å². The predicted molar refractivity (Wildman–Crippen MR) is 136 cm³/mol. The van der Waals surface area contributed by atoms with Crippen molar-refractivity contribution in [2.24, 2.45) is 0 Å². The number of para-hydroxylation sites is 1. The number of carbonyl (C=O) groups is 3. The monoisotopic (exact) mass is 511 g/mol. The number of Topliss-reactive ketones (excluding diaryl/α,β-unsaturated/α-hetero) is 1. The number of fused-ring (bicyclic) bond motifs is 1. The molecule has 0 saturated carbocycles. The van der Waals surface area contributed by atoms with E-state index in [1.54, 1.807) is 58.0 Å². The first-order chi connectivity index (χ1) is 17.0. The Morgan fingerprint density at radius 1 is 1.00 bits per heavy atom. The molecule has 1 fully saturated rings. The molecule has 4 rings (SSSR count). The summed E-state index contributed by atoms with van der Waals surface area (Å²) in [5, 5.41) is 3.01. The third kappa shape index (κ3) is 5.66. The van der Waals surface area contributed by atoms with Gasteiger partial charge in [-0.2, -0.15) is 0 Å². The van der Waals surface area contributed by atoms with Gasteiger partial charge in [-0.15, -0.1) is 0 Å². The molecular weight excluding hydrogens is 482 g/mol. The minimum Gasteiger partial charge on any atom is -0.372 e. The van der Waals surface area contributed by atoms with E-state index in [1.807, 2.05) is 13.8 Å². The van der Waals surface area contributed by atoms with Gasteiger partial charge < -0.3 is 19.5 Å². The van der Waals surface area contributed by atoms with E-state index in [-0.39, 0.29) is 35.3 Å². The summed E-state index contributed by atoms with van der Waals surface area (Å²) in [5.74, 6) is -1.70. The van der Waals surface area contributed by atoms with Gasteiger partial charge in [0.15, 0.2) is 15.6 Å². The number of morpholine rings is 1. The number of hydrogen-bond donors (Lipinski definition) is 1. The number of amides is 2. The fourth-order valence-corrected chi connectivity index (χ4v) is 5.82. The number of nitrogens with zero attached hydrogens (tertiary/aromatic N) is 2. The highest BCUT2D eigenvalue weighted by atomic mass is 32.2. The van der Waals surface area contributed by atoms with Crippen LogP contribution < -0.4 is 5.32 Å². The highest BCUT2D eigenvalue weighted by Crippen LogP contribution is 2.27. The average Bonchev–Trinajstić information content (AvgIpc) is 3.18. The number of ketones is 1. The second-order valence-corrected chi connectivity index (χ2v) is 11.1. The Kier molecular flexibility index (Phi) is 7.28. The molecule has 36 heavy (non-hydrogen) atoms. The number of ether oxygens (including phenoxy) is 1. The standard InChI is InChI=1S/C26H29N3O6S/c1-17-12-29(13-18(2)35-17)26(32)15-28-14-24(22-6-4-5-7-23(22)28)36(33,34)16-25(31)27-21-10-8-20(9-11-21)19(3)30/h4-11,14,17-18H,12-13,15-16H2,1-3H3,(H,27,31). The molecule has 2 atom stereocenters. The molecule has 2 unspecified atom stereocenters. The van der Waals surface area contributed by atoms with Gasteiger partial charge in [0.05, 0.1) is 17.1 Å². The maximum atomic E-state index is 13.2. The molecule has 1 aromatic heterocycles. The number of carbonyl (C=O) groups excluding carboxylic acids is 3. The van der Waals surface area contributed by atoms with Crippen LogP contribution in [0.3, 0.4) is 0 Å². The van der Waals surface area contributed by atoms with Crippen molar-refractivity contribution in [1.29, 1.82) is 0 Å². The summed E-state index contributed by atoms with van der Waals surface area (Å²) in [6.07, 6.45) is 1.28. The average molecular weight is 512 g/mol. The highest BCUT2D eigenvalue weighted by molar-refractivity contribution is 7.92. The number of hydrogen-bond acceptors (Lipinski definition) is 6. The molecule has 0 aliphatic carbocycles. The lowest BCUT2D eigenvalue weighted by molar-refractivity contribution is -0.143. The lowest BCUT2D eigenvalue weighted by Crippen LogP contribution is -2.49. The molecule has 1 N–H and O–H groups in total. The van der Waals surface area contributed by atoms with Crippen LogP contribution >= 0.6 is 0 Å². The number of nitrogens with one attached hydrogen (secondary N) is 1. The SMILES string of the molecule is CC(=O)c1ccc(NC(=O)CS(=O)(=O)c2cn(CC(=O)N3CC(C)OC(C)C3)c3ccccc23)cc1. The van der Waals surface area contributed by atoms with Gasteiger partial charge in [0.25, 0.3) is 0 Å². The minimum atomic E-state index is -4.02. The second-order valence-electron chi connectivity index (χ2n) is 9.14. The second kappa shape index (κ2) is 10.2. The van der Waals surface area contributed by atoms with Crippen molar-refractivity contribution >= 4 is 44.0 Å². The molecule has 1 aliphatic heterocycles. The van der Waals surface area contributed by atoms with Crippen LogP contribution in [0.2, 0.25) is 0 Å². The summed E-state index contributed by atoms with van der Waals surface area (Å²) in [5.41, 5.74) is 1.48. The van der Waals surface area contributed by atoms with E-state index in [2.05, 4.69) is 5.32 Å². The maximum Gasteiger partial charge on any atom is 0.242 e. The van der Waals surface area contributed by atoms with E-state index in [0.29, 0.717) is 35.2 Å². The summed E-state index contributed by atoms with van der Waals surface area (Å²) < 4.78 is 33.8. The third-order valence-electron chi connectivity index (χ3n) is 6.06. The zero-order valence-corrected chi connectivity index (χ0v) is 21.2. The molecule has 0 spiro atoms. The molecule has 190 valence electrons. The first-order valence-electron chi connectivity index (χ1n) is 11.7. The van der Waals surface area contributed by atoms with E-state index in [0.717, 1.165) is 0 Å². The van der Waals surface area contributed by atoms with Crippen LogP contribution in [0.25, 0.3) is 10.9 Å². The van der Waals surface area contributed by atoms with Crippen molar-refractivity contribution in [2.75, 3.05) is 24.2 Å². The van der Waals surface area contributed by atoms with Crippen LogP contribution in [0.1, 0.15) is 31.1 Å². The smallest absolute Gasteiger partial charge is 0.242 e. The van der Waals surface area contributed by atoms with Crippen molar-refractivity contribution in [3.63, 3.8) is 0 Å². The van der Waals surface area contributed by atoms with E-state index >= 15 is 0 Å².